The first-order valence-corrected chi connectivity index (χ1v) is 5.55. The maximum absolute atomic E-state index is 5.49. The third-order valence-corrected chi connectivity index (χ3v) is 3.38. The van der Waals surface area contributed by atoms with Crippen molar-refractivity contribution >= 4 is 0 Å². The number of hydrogen-bond acceptors (Lipinski definition) is 2. The summed E-state index contributed by atoms with van der Waals surface area (Å²) in [5.74, 6) is 1.95. The van der Waals surface area contributed by atoms with Crippen LogP contribution >= 0.6 is 0 Å². The molecule has 0 aromatic rings. The first-order valence-electron chi connectivity index (χ1n) is 5.55. The number of hydrogen-bond donors (Lipinski definition) is 1. The van der Waals surface area contributed by atoms with Gasteiger partial charge in [0.15, 0.2) is 0 Å². The average Bonchev–Trinajstić information content (AvgIpc) is 2.77. The van der Waals surface area contributed by atoms with E-state index in [1.165, 1.54) is 19.4 Å². The van der Waals surface area contributed by atoms with Crippen LogP contribution in [-0.4, -0.2) is 31.1 Å². The SMILES string of the molecule is CC1CC1CN(C)C(C)CCCN. The molecule has 1 fully saturated rings. The number of rotatable bonds is 6. The molecule has 0 saturated heterocycles. The van der Waals surface area contributed by atoms with Crippen LogP contribution in [0.4, 0.5) is 0 Å². The lowest BCUT2D eigenvalue weighted by Gasteiger charge is -2.24. The molecule has 0 spiro atoms. The van der Waals surface area contributed by atoms with Gasteiger partial charge in [-0.3, -0.25) is 0 Å². The van der Waals surface area contributed by atoms with E-state index >= 15 is 0 Å². The van der Waals surface area contributed by atoms with E-state index in [-0.39, 0.29) is 0 Å². The summed E-state index contributed by atoms with van der Waals surface area (Å²) < 4.78 is 0. The van der Waals surface area contributed by atoms with Crippen LogP contribution in [-0.2, 0) is 0 Å². The first-order chi connectivity index (χ1) is 6.15. The molecule has 78 valence electrons. The number of nitrogens with zero attached hydrogens (tertiary/aromatic N) is 1. The van der Waals surface area contributed by atoms with Crippen LogP contribution in [0.15, 0.2) is 0 Å². The van der Waals surface area contributed by atoms with Crippen LogP contribution in [0.3, 0.4) is 0 Å². The van der Waals surface area contributed by atoms with E-state index in [1.54, 1.807) is 0 Å². The second-order valence-corrected chi connectivity index (χ2v) is 4.69. The van der Waals surface area contributed by atoms with Crippen LogP contribution in [0.1, 0.15) is 33.1 Å². The zero-order valence-corrected chi connectivity index (χ0v) is 9.29. The van der Waals surface area contributed by atoms with E-state index in [4.69, 9.17) is 5.73 Å². The Kier molecular flexibility index (Phi) is 4.20. The molecule has 2 N–H and O–H groups in total. The van der Waals surface area contributed by atoms with Gasteiger partial charge in [-0.15, -0.1) is 0 Å². The molecule has 2 nitrogen and oxygen atoms in total. The van der Waals surface area contributed by atoms with Gasteiger partial charge in [0.05, 0.1) is 0 Å². The molecule has 0 bridgehead atoms. The van der Waals surface area contributed by atoms with Gasteiger partial charge in [-0.2, -0.15) is 0 Å². The molecule has 0 aliphatic heterocycles. The fourth-order valence-corrected chi connectivity index (χ4v) is 1.84. The van der Waals surface area contributed by atoms with Gasteiger partial charge in [0.25, 0.3) is 0 Å². The fraction of sp³-hybridized carbons (Fsp3) is 1.00. The summed E-state index contributed by atoms with van der Waals surface area (Å²) in [6.45, 7) is 6.77. The van der Waals surface area contributed by atoms with Crippen molar-refractivity contribution in [1.82, 2.24) is 4.90 Å². The zero-order chi connectivity index (χ0) is 9.84. The van der Waals surface area contributed by atoms with Gasteiger partial charge in [-0.25, -0.2) is 0 Å². The molecule has 0 heterocycles. The standard InChI is InChI=1S/C11H24N2/c1-9-7-11(9)8-13(3)10(2)5-4-6-12/h9-11H,4-8,12H2,1-3H3. The van der Waals surface area contributed by atoms with E-state index in [0.29, 0.717) is 6.04 Å². The minimum Gasteiger partial charge on any atom is -0.330 e. The van der Waals surface area contributed by atoms with Crippen LogP contribution in [0, 0.1) is 11.8 Å². The second-order valence-electron chi connectivity index (χ2n) is 4.69. The highest BCUT2D eigenvalue weighted by molar-refractivity contribution is 4.85. The van der Waals surface area contributed by atoms with Crippen molar-refractivity contribution in [2.24, 2.45) is 17.6 Å². The Morgan fingerprint density at radius 2 is 2.15 bits per heavy atom. The summed E-state index contributed by atoms with van der Waals surface area (Å²) in [4.78, 5) is 2.49. The van der Waals surface area contributed by atoms with Crippen molar-refractivity contribution in [3.63, 3.8) is 0 Å². The highest BCUT2D eigenvalue weighted by Crippen LogP contribution is 2.38. The van der Waals surface area contributed by atoms with E-state index < -0.39 is 0 Å². The van der Waals surface area contributed by atoms with Gasteiger partial charge in [0.1, 0.15) is 0 Å². The topological polar surface area (TPSA) is 29.3 Å². The summed E-state index contributed by atoms with van der Waals surface area (Å²) in [6, 6.07) is 0.705. The third-order valence-electron chi connectivity index (χ3n) is 3.38. The molecule has 1 aliphatic rings. The van der Waals surface area contributed by atoms with E-state index in [0.717, 1.165) is 24.8 Å². The molecular formula is C11H24N2. The summed E-state index contributed by atoms with van der Waals surface area (Å²) in [7, 11) is 2.24. The van der Waals surface area contributed by atoms with Gasteiger partial charge in [-0.05, 0) is 51.6 Å². The quantitative estimate of drug-likeness (QED) is 0.681. The Morgan fingerprint density at radius 1 is 1.54 bits per heavy atom. The lowest BCUT2D eigenvalue weighted by molar-refractivity contribution is 0.231. The van der Waals surface area contributed by atoms with Crippen LogP contribution in [0.2, 0.25) is 0 Å². The van der Waals surface area contributed by atoms with Crippen LogP contribution in [0.25, 0.3) is 0 Å². The minimum absolute atomic E-state index is 0.705. The van der Waals surface area contributed by atoms with E-state index in [1.807, 2.05) is 0 Å². The van der Waals surface area contributed by atoms with Crippen molar-refractivity contribution in [3.05, 3.63) is 0 Å². The van der Waals surface area contributed by atoms with Gasteiger partial charge >= 0.3 is 0 Å². The first kappa shape index (κ1) is 11.0. The van der Waals surface area contributed by atoms with Crippen molar-refractivity contribution < 1.29 is 0 Å². The minimum atomic E-state index is 0.705. The molecule has 3 unspecified atom stereocenters. The molecule has 1 aliphatic carbocycles. The predicted octanol–water partition coefficient (Wildman–Crippen LogP) is 1.70. The number of nitrogens with two attached hydrogens (primary N) is 1. The van der Waals surface area contributed by atoms with Crippen LogP contribution < -0.4 is 5.73 Å². The normalized spacial score (nSPS) is 29.3. The maximum Gasteiger partial charge on any atom is 0.00644 e. The maximum atomic E-state index is 5.49. The van der Waals surface area contributed by atoms with E-state index in [9.17, 15) is 0 Å². The Bertz CT molecular complexity index is 147. The second kappa shape index (κ2) is 4.97. The molecule has 0 aromatic carbocycles. The van der Waals surface area contributed by atoms with Crippen molar-refractivity contribution in [1.29, 1.82) is 0 Å². The van der Waals surface area contributed by atoms with Gasteiger partial charge in [0.2, 0.25) is 0 Å². The molecular weight excluding hydrogens is 160 g/mol. The molecule has 1 saturated carbocycles. The Morgan fingerprint density at radius 3 is 2.62 bits per heavy atom. The fourth-order valence-electron chi connectivity index (χ4n) is 1.84. The summed E-state index contributed by atoms with van der Waals surface area (Å²) in [6.07, 6.45) is 3.84. The highest BCUT2D eigenvalue weighted by atomic mass is 15.1. The molecule has 0 aromatic heterocycles. The van der Waals surface area contributed by atoms with Crippen molar-refractivity contribution in [3.8, 4) is 0 Å². The predicted molar refractivity (Wildman–Crippen MR) is 57.7 cm³/mol. The van der Waals surface area contributed by atoms with Crippen molar-refractivity contribution in [2.45, 2.75) is 39.2 Å². The summed E-state index contributed by atoms with van der Waals surface area (Å²) in [5, 5.41) is 0. The molecule has 1 rings (SSSR count). The van der Waals surface area contributed by atoms with Crippen molar-refractivity contribution in [2.75, 3.05) is 20.1 Å². The Labute approximate surface area is 82.5 Å². The lowest BCUT2D eigenvalue weighted by atomic mass is 10.1. The molecule has 13 heavy (non-hydrogen) atoms. The molecule has 2 heteroatoms. The molecule has 0 amide bonds. The third kappa shape index (κ3) is 3.65. The summed E-state index contributed by atoms with van der Waals surface area (Å²) in [5.41, 5.74) is 5.49. The summed E-state index contributed by atoms with van der Waals surface area (Å²) >= 11 is 0. The van der Waals surface area contributed by atoms with Crippen LogP contribution in [0.5, 0.6) is 0 Å². The molecule has 3 atom stereocenters. The Hall–Kier alpha value is -0.0800. The lowest BCUT2D eigenvalue weighted by Crippen LogP contribution is -2.31. The monoisotopic (exact) mass is 184 g/mol. The smallest absolute Gasteiger partial charge is 0.00644 e. The zero-order valence-electron chi connectivity index (χ0n) is 9.29. The van der Waals surface area contributed by atoms with Gasteiger partial charge in [0, 0.05) is 12.6 Å². The average molecular weight is 184 g/mol. The van der Waals surface area contributed by atoms with Gasteiger partial charge < -0.3 is 10.6 Å². The highest BCUT2D eigenvalue weighted by Gasteiger charge is 2.33. The largest absolute Gasteiger partial charge is 0.330 e. The van der Waals surface area contributed by atoms with E-state index in [2.05, 4.69) is 25.8 Å². The Balaban J connectivity index is 2.10. The molecule has 0 radical (unpaired) electrons. The van der Waals surface area contributed by atoms with Gasteiger partial charge in [-0.1, -0.05) is 6.92 Å².